The Morgan fingerprint density at radius 3 is 2.50 bits per heavy atom. The molecule has 7 nitrogen and oxygen atoms in total. The molecule has 1 saturated heterocycles. The van der Waals surface area contributed by atoms with Gasteiger partial charge in [-0.15, -0.1) is 23.7 Å². The number of hydrogen-bond acceptors (Lipinski definition) is 6. The first-order valence-electron chi connectivity index (χ1n) is 10.1. The third-order valence-electron chi connectivity index (χ3n) is 5.55. The third kappa shape index (κ3) is 4.86. The van der Waals surface area contributed by atoms with Gasteiger partial charge in [0.2, 0.25) is 10.0 Å². The number of nitrogens with one attached hydrogen (secondary N) is 1. The normalized spacial score (nSPS) is 17.8. The monoisotopic (exact) mass is 470 g/mol. The SMILES string of the molecule is CCN1CCc2nc(NC(=O)c3ccc(S(=O)(=O)N4CCCCC4)cc3)sc2C1.Cl. The van der Waals surface area contributed by atoms with Crippen molar-refractivity contribution >= 4 is 44.8 Å². The third-order valence-corrected chi connectivity index (χ3v) is 8.46. The molecule has 1 amide bonds. The van der Waals surface area contributed by atoms with E-state index in [9.17, 15) is 13.2 Å². The van der Waals surface area contributed by atoms with Crippen LogP contribution in [0.15, 0.2) is 29.2 Å². The number of carbonyl (C=O) groups excluding carboxylic acids is 1. The Hall–Kier alpha value is -1.52. The number of fused-ring (bicyclic) bond motifs is 1. The van der Waals surface area contributed by atoms with Crippen LogP contribution in [0.2, 0.25) is 0 Å². The van der Waals surface area contributed by atoms with Crippen molar-refractivity contribution in [1.29, 1.82) is 0 Å². The second-order valence-electron chi connectivity index (χ2n) is 7.45. The predicted molar refractivity (Wildman–Crippen MR) is 121 cm³/mol. The van der Waals surface area contributed by atoms with Crippen LogP contribution < -0.4 is 5.32 Å². The van der Waals surface area contributed by atoms with Gasteiger partial charge in [-0.2, -0.15) is 4.31 Å². The number of thiazole rings is 1. The van der Waals surface area contributed by atoms with Gasteiger partial charge in [-0.3, -0.25) is 15.0 Å². The van der Waals surface area contributed by atoms with Crippen LogP contribution in [0.3, 0.4) is 0 Å². The molecule has 2 aliphatic heterocycles. The molecule has 1 aromatic carbocycles. The van der Waals surface area contributed by atoms with Crippen LogP contribution in [0.25, 0.3) is 0 Å². The number of halogens is 1. The molecule has 0 spiro atoms. The lowest BCUT2D eigenvalue weighted by Gasteiger charge is -2.25. The van der Waals surface area contributed by atoms with E-state index in [0.29, 0.717) is 23.8 Å². The van der Waals surface area contributed by atoms with Gasteiger partial charge in [-0.25, -0.2) is 13.4 Å². The van der Waals surface area contributed by atoms with Gasteiger partial charge in [0.05, 0.1) is 10.6 Å². The van der Waals surface area contributed by atoms with Crippen molar-refractivity contribution in [2.45, 2.75) is 44.0 Å². The molecule has 1 fully saturated rings. The minimum atomic E-state index is -3.49. The first-order valence-corrected chi connectivity index (χ1v) is 12.4. The lowest BCUT2D eigenvalue weighted by Crippen LogP contribution is -2.35. The van der Waals surface area contributed by atoms with E-state index in [-0.39, 0.29) is 23.2 Å². The zero-order chi connectivity index (χ0) is 20.4. The zero-order valence-electron chi connectivity index (χ0n) is 17.0. The lowest BCUT2D eigenvalue weighted by atomic mass is 10.2. The van der Waals surface area contributed by atoms with Crippen LogP contribution in [0.1, 0.15) is 47.1 Å². The van der Waals surface area contributed by atoms with E-state index in [1.165, 1.54) is 32.7 Å². The van der Waals surface area contributed by atoms with Crippen LogP contribution in [-0.4, -0.2) is 54.7 Å². The molecule has 1 aromatic heterocycles. The standard InChI is InChI=1S/C20H26N4O3S2.ClH/c1-2-23-13-10-17-18(14-23)28-20(21-17)22-19(25)15-6-8-16(9-7-15)29(26,27)24-11-4-3-5-12-24;/h6-9H,2-5,10-14H2,1H3,(H,21,22,25);1H. The van der Waals surface area contributed by atoms with Gasteiger partial charge in [-0.1, -0.05) is 13.3 Å². The fourth-order valence-corrected chi connectivity index (χ4v) is 6.34. The highest BCUT2D eigenvalue weighted by Gasteiger charge is 2.26. The highest BCUT2D eigenvalue weighted by Crippen LogP contribution is 2.28. The summed E-state index contributed by atoms with van der Waals surface area (Å²) in [7, 11) is -3.49. The number of anilines is 1. The molecule has 4 rings (SSSR count). The summed E-state index contributed by atoms with van der Waals surface area (Å²) in [6, 6.07) is 6.17. The maximum atomic E-state index is 12.7. The summed E-state index contributed by atoms with van der Waals surface area (Å²) in [5.74, 6) is -0.273. The van der Waals surface area contributed by atoms with Crippen molar-refractivity contribution in [3.63, 3.8) is 0 Å². The molecule has 0 unspecified atom stereocenters. The predicted octanol–water partition coefficient (Wildman–Crippen LogP) is 3.37. The van der Waals surface area contributed by atoms with Crippen molar-refractivity contribution < 1.29 is 13.2 Å². The Morgan fingerprint density at radius 1 is 1.13 bits per heavy atom. The maximum absolute atomic E-state index is 12.7. The molecular weight excluding hydrogens is 444 g/mol. The number of likely N-dealkylation sites (N-methyl/N-ethyl adjacent to an activating group) is 1. The van der Waals surface area contributed by atoms with E-state index < -0.39 is 10.0 Å². The molecule has 0 atom stereocenters. The van der Waals surface area contributed by atoms with Crippen molar-refractivity contribution in [2.75, 3.05) is 31.5 Å². The fraction of sp³-hybridized carbons (Fsp3) is 0.500. The van der Waals surface area contributed by atoms with Crippen molar-refractivity contribution in [3.05, 3.63) is 40.4 Å². The van der Waals surface area contributed by atoms with Crippen LogP contribution in [0.4, 0.5) is 5.13 Å². The van der Waals surface area contributed by atoms with E-state index in [1.807, 2.05) is 0 Å². The molecule has 1 N–H and O–H groups in total. The number of benzene rings is 1. The fourth-order valence-electron chi connectivity index (χ4n) is 3.77. The Morgan fingerprint density at radius 2 is 1.83 bits per heavy atom. The Kier molecular flexibility index (Phi) is 7.52. The molecule has 30 heavy (non-hydrogen) atoms. The molecule has 3 heterocycles. The van der Waals surface area contributed by atoms with Gasteiger partial charge >= 0.3 is 0 Å². The smallest absolute Gasteiger partial charge is 0.257 e. The summed E-state index contributed by atoms with van der Waals surface area (Å²) in [6.45, 7) is 6.15. The lowest BCUT2D eigenvalue weighted by molar-refractivity contribution is 0.102. The molecule has 0 aliphatic carbocycles. The molecule has 0 saturated carbocycles. The van der Waals surface area contributed by atoms with Gasteiger partial charge < -0.3 is 0 Å². The van der Waals surface area contributed by atoms with Gasteiger partial charge in [0.25, 0.3) is 5.91 Å². The summed E-state index contributed by atoms with van der Waals surface area (Å²) in [6.07, 6.45) is 3.77. The average Bonchev–Trinajstić information content (AvgIpc) is 3.15. The molecule has 164 valence electrons. The Balaban J connectivity index is 0.00000256. The number of carbonyl (C=O) groups is 1. The van der Waals surface area contributed by atoms with Gasteiger partial charge in [0.1, 0.15) is 0 Å². The number of aromatic nitrogens is 1. The summed E-state index contributed by atoms with van der Waals surface area (Å²) in [5.41, 5.74) is 1.49. The van der Waals surface area contributed by atoms with Gasteiger partial charge in [-0.05, 0) is 43.7 Å². The van der Waals surface area contributed by atoms with Crippen molar-refractivity contribution in [3.8, 4) is 0 Å². The number of piperidine rings is 1. The molecule has 2 aliphatic rings. The van der Waals surface area contributed by atoms with Crippen molar-refractivity contribution in [2.24, 2.45) is 0 Å². The summed E-state index contributed by atoms with van der Waals surface area (Å²) < 4.78 is 27.0. The number of nitrogens with zero attached hydrogens (tertiary/aromatic N) is 3. The second kappa shape index (κ2) is 9.74. The number of hydrogen-bond donors (Lipinski definition) is 1. The van der Waals surface area contributed by atoms with Crippen LogP contribution in [-0.2, 0) is 23.0 Å². The molecule has 0 bridgehead atoms. The Bertz CT molecular complexity index is 986. The van der Waals surface area contributed by atoms with Crippen molar-refractivity contribution in [1.82, 2.24) is 14.2 Å². The average molecular weight is 471 g/mol. The van der Waals surface area contributed by atoms with Crippen LogP contribution >= 0.6 is 23.7 Å². The maximum Gasteiger partial charge on any atom is 0.257 e. The summed E-state index contributed by atoms with van der Waals surface area (Å²) >= 11 is 1.52. The van der Waals surface area contributed by atoms with Gasteiger partial charge in [0, 0.05) is 43.0 Å². The highest BCUT2D eigenvalue weighted by molar-refractivity contribution is 7.89. The number of amides is 1. The summed E-state index contributed by atoms with van der Waals surface area (Å²) in [5, 5.41) is 3.46. The topological polar surface area (TPSA) is 82.6 Å². The second-order valence-corrected chi connectivity index (χ2v) is 10.5. The first-order chi connectivity index (χ1) is 14.0. The summed E-state index contributed by atoms with van der Waals surface area (Å²) in [4.78, 5) is 21.0. The minimum absolute atomic E-state index is 0. The molecular formula is C20H27ClN4O3S2. The minimum Gasteiger partial charge on any atom is -0.298 e. The van der Waals surface area contributed by atoms with Crippen LogP contribution in [0, 0.1) is 0 Å². The van der Waals surface area contributed by atoms with E-state index >= 15 is 0 Å². The molecule has 0 radical (unpaired) electrons. The first kappa shape index (κ1) is 23.1. The molecule has 2 aromatic rings. The quantitative estimate of drug-likeness (QED) is 0.724. The largest absolute Gasteiger partial charge is 0.298 e. The van der Waals surface area contributed by atoms with Crippen LogP contribution in [0.5, 0.6) is 0 Å². The van der Waals surface area contributed by atoms with E-state index in [4.69, 9.17) is 0 Å². The van der Waals surface area contributed by atoms with E-state index in [2.05, 4.69) is 22.1 Å². The van der Waals surface area contributed by atoms with E-state index in [0.717, 1.165) is 51.0 Å². The highest BCUT2D eigenvalue weighted by atomic mass is 35.5. The van der Waals surface area contributed by atoms with Gasteiger partial charge in [0.15, 0.2) is 5.13 Å². The number of rotatable bonds is 5. The van der Waals surface area contributed by atoms with E-state index in [1.54, 1.807) is 12.1 Å². The molecule has 10 heteroatoms. The number of sulfonamides is 1. The Labute approximate surface area is 187 Å². The zero-order valence-corrected chi connectivity index (χ0v) is 19.4.